The fourth-order valence-electron chi connectivity index (χ4n) is 2.46. The summed E-state index contributed by atoms with van der Waals surface area (Å²) in [6.45, 7) is 4.25. The first kappa shape index (κ1) is 19.0. The number of nitrogens with one attached hydrogen (secondary N) is 1. The highest BCUT2D eigenvalue weighted by molar-refractivity contribution is 7.89. The molecule has 1 aliphatic heterocycles. The van der Waals surface area contributed by atoms with Gasteiger partial charge in [-0.15, -0.1) is 0 Å². The van der Waals surface area contributed by atoms with Crippen LogP contribution in [0.1, 0.15) is 19.8 Å². The Bertz CT molecular complexity index is 703. The normalized spacial score (nSPS) is 17.3. The van der Waals surface area contributed by atoms with Crippen LogP contribution in [0.2, 0.25) is 5.02 Å². The molecule has 0 amide bonds. The summed E-state index contributed by atoms with van der Waals surface area (Å²) in [5.74, 6) is 0.536. The molecule has 2 rings (SSSR count). The summed E-state index contributed by atoms with van der Waals surface area (Å²) in [5.41, 5.74) is 5.93. The van der Waals surface area contributed by atoms with E-state index in [0.717, 1.165) is 44.1 Å². The molecular formula is C15H22ClFN4O2S. The quantitative estimate of drug-likeness (QED) is 0.466. The van der Waals surface area contributed by atoms with Gasteiger partial charge < -0.3 is 10.6 Å². The first-order valence-corrected chi connectivity index (χ1v) is 9.65. The minimum atomic E-state index is -3.81. The Kier molecular flexibility index (Phi) is 6.42. The number of sulfonamides is 1. The number of nitrogens with two attached hydrogens (primary N) is 1. The van der Waals surface area contributed by atoms with Crippen LogP contribution in [-0.4, -0.2) is 45.5 Å². The fraction of sp³-hybridized carbons (Fsp3) is 0.533. The highest BCUT2D eigenvalue weighted by atomic mass is 35.5. The summed E-state index contributed by atoms with van der Waals surface area (Å²) < 4.78 is 39.7. The Morgan fingerprint density at radius 1 is 1.46 bits per heavy atom. The molecule has 0 bridgehead atoms. The van der Waals surface area contributed by atoms with E-state index < -0.39 is 15.8 Å². The average molecular weight is 377 g/mol. The number of benzene rings is 1. The van der Waals surface area contributed by atoms with Crippen molar-refractivity contribution >= 4 is 27.6 Å². The van der Waals surface area contributed by atoms with Crippen molar-refractivity contribution in [2.45, 2.75) is 24.7 Å². The molecule has 1 aromatic carbocycles. The number of hydrogen-bond donors (Lipinski definition) is 2. The smallest absolute Gasteiger partial charge is 0.242 e. The van der Waals surface area contributed by atoms with E-state index in [1.54, 1.807) is 0 Å². The number of rotatable bonds is 5. The van der Waals surface area contributed by atoms with Gasteiger partial charge in [0.2, 0.25) is 10.0 Å². The van der Waals surface area contributed by atoms with Crippen LogP contribution in [0.3, 0.4) is 0 Å². The van der Waals surface area contributed by atoms with Crippen molar-refractivity contribution in [1.82, 2.24) is 9.62 Å². The number of hydrogen-bond acceptors (Lipinski definition) is 3. The molecule has 134 valence electrons. The Labute approximate surface area is 146 Å². The lowest BCUT2D eigenvalue weighted by Crippen LogP contribution is -2.42. The van der Waals surface area contributed by atoms with Crippen molar-refractivity contribution in [2.24, 2.45) is 16.6 Å². The summed E-state index contributed by atoms with van der Waals surface area (Å²) in [4.78, 5) is 6.05. The van der Waals surface area contributed by atoms with E-state index in [4.69, 9.17) is 17.3 Å². The molecule has 1 aromatic rings. The van der Waals surface area contributed by atoms with Crippen molar-refractivity contribution in [3.63, 3.8) is 0 Å². The topological polar surface area (TPSA) is 87.8 Å². The molecular weight excluding hydrogens is 355 g/mol. The van der Waals surface area contributed by atoms with E-state index in [2.05, 4.69) is 16.6 Å². The average Bonchev–Trinajstić information content (AvgIpc) is 2.51. The molecule has 0 unspecified atom stereocenters. The van der Waals surface area contributed by atoms with Crippen molar-refractivity contribution in [2.75, 3.05) is 26.2 Å². The highest BCUT2D eigenvalue weighted by Crippen LogP contribution is 2.21. The number of nitrogens with zero attached hydrogens (tertiary/aromatic N) is 2. The zero-order chi connectivity index (χ0) is 17.7. The molecule has 1 heterocycles. The van der Waals surface area contributed by atoms with E-state index in [9.17, 15) is 12.8 Å². The van der Waals surface area contributed by atoms with Crippen molar-refractivity contribution < 1.29 is 12.8 Å². The van der Waals surface area contributed by atoms with Gasteiger partial charge in [0.25, 0.3) is 0 Å². The maximum atomic E-state index is 13.0. The van der Waals surface area contributed by atoms with E-state index in [1.165, 1.54) is 0 Å². The van der Waals surface area contributed by atoms with Crippen LogP contribution in [0.15, 0.2) is 28.1 Å². The maximum Gasteiger partial charge on any atom is 0.242 e. The number of aliphatic imine (C=N–C) groups is 1. The van der Waals surface area contributed by atoms with Gasteiger partial charge in [0.15, 0.2) is 5.96 Å². The SMILES string of the molecule is CC1CCN(C(N)=NCCNS(=O)(=O)c2ccc(F)cc2Cl)CC1. The number of halogens is 2. The molecule has 1 fully saturated rings. The molecule has 0 aliphatic carbocycles. The minimum absolute atomic E-state index is 0.0843. The van der Waals surface area contributed by atoms with Gasteiger partial charge in [0.1, 0.15) is 10.7 Å². The van der Waals surface area contributed by atoms with Crippen LogP contribution in [0.25, 0.3) is 0 Å². The van der Waals surface area contributed by atoms with Gasteiger partial charge in [-0.2, -0.15) is 0 Å². The summed E-state index contributed by atoms with van der Waals surface area (Å²) in [5, 5.41) is -0.159. The zero-order valence-electron chi connectivity index (χ0n) is 13.5. The van der Waals surface area contributed by atoms with Gasteiger partial charge >= 0.3 is 0 Å². The van der Waals surface area contributed by atoms with Gasteiger partial charge in [-0.3, -0.25) is 4.99 Å². The Morgan fingerprint density at radius 3 is 2.75 bits per heavy atom. The summed E-state index contributed by atoms with van der Waals surface area (Å²) in [6, 6.07) is 3.14. The molecule has 0 aromatic heterocycles. The lowest BCUT2D eigenvalue weighted by atomic mass is 10.00. The second kappa shape index (κ2) is 8.13. The highest BCUT2D eigenvalue weighted by Gasteiger charge is 2.19. The fourth-order valence-corrected chi connectivity index (χ4v) is 4.01. The van der Waals surface area contributed by atoms with E-state index in [1.807, 2.05) is 4.90 Å². The van der Waals surface area contributed by atoms with Gasteiger partial charge in [-0.1, -0.05) is 18.5 Å². The van der Waals surface area contributed by atoms with Crippen LogP contribution in [0, 0.1) is 11.7 Å². The molecule has 1 saturated heterocycles. The third kappa shape index (κ3) is 5.06. The number of piperidine rings is 1. The second-order valence-corrected chi connectivity index (χ2v) is 8.02. The van der Waals surface area contributed by atoms with Crippen LogP contribution in [0.5, 0.6) is 0 Å². The predicted octanol–water partition coefficient (Wildman–Crippen LogP) is 1.80. The molecule has 3 N–H and O–H groups in total. The molecule has 0 saturated carbocycles. The van der Waals surface area contributed by atoms with Crippen LogP contribution in [0.4, 0.5) is 4.39 Å². The summed E-state index contributed by atoms with van der Waals surface area (Å²) in [7, 11) is -3.81. The third-order valence-corrected chi connectivity index (χ3v) is 5.91. The summed E-state index contributed by atoms with van der Waals surface area (Å²) >= 11 is 5.78. The van der Waals surface area contributed by atoms with Crippen LogP contribution < -0.4 is 10.5 Å². The molecule has 1 aliphatic rings. The Hall–Kier alpha value is -1.38. The van der Waals surface area contributed by atoms with Crippen molar-refractivity contribution in [3.8, 4) is 0 Å². The van der Waals surface area contributed by atoms with Crippen LogP contribution in [-0.2, 0) is 10.0 Å². The molecule has 0 spiro atoms. The maximum absolute atomic E-state index is 13.0. The standard InChI is InChI=1S/C15H22ClFN4O2S/c1-11-4-8-21(9-5-11)15(18)19-6-7-20-24(22,23)14-3-2-12(17)10-13(14)16/h2-3,10-11,20H,4-9H2,1H3,(H2,18,19). The monoisotopic (exact) mass is 376 g/mol. The first-order chi connectivity index (χ1) is 11.3. The number of likely N-dealkylation sites (tertiary alicyclic amines) is 1. The molecule has 24 heavy (non-hydrogen) atoms. The predicted molar refractivity (Wildman–Crippen MR) is 93.1 cm³/mol. The zero-order valence-corrected chi connectivity index (χ0v) is 15.1. The second-order valence-electron chi connectivity index (χ2n) is 5.88. The van der Waals surface area contributed by atoms with Gasteiger partial charge in [-0.25, -0.2) is 17.5 Å². The van der Waals surface area contributed by atoms with E-state index in [-0.39, 0.29) is 23.0 Å². The molecule has 0 radical (unpaired) electrons. The third-order valence-electron chi connectivity index (χ3n) is 3.97. The minimum Gasteiger partial charge on any atom is -0.370 e. The Balaban J connectivity index is 1.87. The van der Waals surface area contributed by atoms with Crippen molar-refractivity contribution in [1.29, 1.82) is 0 Å². The Morgan fingerprint density at radius 2 is 2.12 bits per heavy atom. The molecule has 6 nitrogen and oxygen atoms in total. The van der Waals surface area contributed by atoms with Gasteiger partial charge in [0, 0.05) is 19.6 Å². The van der Waals surface area contributed by atoms with E-state index in [0.29, 0.717) is 11.9 Å². The lowest BCUT2D eigenvalue weighted by Gasteiger charge is -2.31. The molecule has 9 heteroatoms. The largest absolute Gasteiger partial charge is 0.370 e. The van der Waals surface area contributed by atoms with Crippen LogP contribution >= 0.6 is 11.6 Å². The molecule has 0 atom stereocenters. The summed E-state index contributed by atoms with van der Waals surface area (Å²) in [6.07, 6.45) is 2.15. The van der Waals surface area contributed by atoms with Gasteiger partial charge in [0.05, 0.1) is 11.6 Å². The van der Waals surface area contributed by atoms with Gasteiger partial charge in [-0.05, 0) is 37.0 Å². The van der Waals surface area contributed by atoms with E-state index >= 15 is 0 Å². The van der Waals surface area contributed by atoms with Crippen molar-refractivity contribution in [3.05, 3.63) is 29.0 Å². The lowest BCUT2D eigenvalue weighted by molar-refractivity contribution is 0.277. The number of guanidine groups is 1. The first-order valence-electron chi connectivity index (χ1n) is 7.79.